The molecule has 0 aliphatic rings. The Kier molecular flexibility index (Phi) is 3.47. The van der Waals surface area contributed by atoms with Crippen LogP contribution in [-0.2, 0) is 0 Å². The van der Waals surface area contributed by atoms with E-state index in [2.05, 4.69) is 15.4 Å². The van der Waals surface area contributed by atoms with Gasteiger partial charge in [0.15, 0.2) is 0 Å². The molecule has 2 aromatic heterocycles. The predicted octanol–water partition coefficient (Wildman–Crippen LogP) is 2.79. The summed E-state index contributed by atoms with van der Waals surface area (Å²) in [6.07, 6.45) is 3.48. The van der Waals surface area contributed by atoms with Gasteiger partial charge in [0.2, 0.25) is 0 Å². The zero-order valence-corrected chi connectivity index (χ0v) is 11.7. The Balaban J connectivity index is 2.13. The van der Waals surface area contributed by atoms with Gasteiger partial charge in [0.1, 0.15) is 4.88 Å². The average molecular weight is 264 g/mol. The van der Waals surface area contributed by atoms with E-state index in [9.17, 15) is 4.79 Å². The molecule has 2 heterocycles. The van der Waals surface area contributed by atoms with Gasteiger partial charge >= 0.3 is 0 Å². The lowest BCUT2D eigenvalue weighted by Crippen LogP contribution is -2.11. The molecule has 0 aromatic carbocycles. The van der Waals surface area contributed by atoms with Crippen molar-refractivity contribution in [2.24, 2.45) is 0 Å². The molecule has 1 N–H and O–H groups in total. The minimum atomic E-state index is -0.124. The van der Waals surface area contributed by atoms with Crippen LogP contribution in [0.2, 0.25) is 0 Å². The van der Waals surface area contributed by atoms with Crippen LogP contribution < -0.4 is 5.32 Å². The Hall–Kier alpha value is -1.69. The SMILES string of the molecule is Cc1nc(C)c(C(=O)Nc2cnn(C(C)C)c2)s1. The average Bonchev–Trinajstić information content (AvgIpc) is 2.85. The molecule has 0 aliphatic heterocycles. The van der Waals surface area contributed by atoms with Crippen molar-refractivity contribution in [2.45, 2.75) is 33.7 Å². The van der Waals surface area contributed by atoms with Crippen molar-refractivity contribution in [3.8, 4) is 0 Å². The molecule has 5 nitrogen and oxygen atoms in total. The van der Waals surface area contributed by atoms with Crippen molar-refractivity contribution < 1.29 is 4.79 Å². The third-order valence-electron chi connectivity index (χ3n) is 2.50. The molecule has 0 saturated heterocycles. The van der Waals surface area contributed by atoms with Crippen LogP contribution in [-0.4, -0.2) is 20.7 Å². The van der Waals surface area contributed by atoms with Crippen LogP contribution in [0.25, 0.3) is 0 Å². The Bertz CT molecular complexity index is 570. The Morgan fingerprint density at radius 3 is 2.67 bits per heavy atom. The Morgan fingerprint density at radius 2 is 2.17 bits per heavy atom. The number of thiazole rings is 1. The lowest BCUT2D eigenvalue weighted by Gasteiger charge is -2.03. The van der Waals surface area contributed by atoms with Crippen LogP contribution in [0, 0.1) is 13.8 Å². The van der Waals surface area contributed by atoms with Gasteiger partial charge in [-0.15, -0.1) is 11.3 Å². The fourth-order valence-corrected chi connectivity index (χ4v) is 2.43. The molecular weight excluding hydrogens is 248 g/mol. The molecule has 1 amide bonds. The van der Waals surface area contributed by atoms with E-state index in [0.717, 1.165) is 10.7 Å². The maximum atomic E-state index is 12.0. The summed E-state index contributed by atoms with van der Waals surface area (Å²) in [5.41, 5.74) is 1.48. The second-order valence-electron chi connectivity index (χ2n) is 4.40. The van der Waals surface area contributed by atoms with E-state index in [0.29, 0.717) is 10.6 Å². The van der Waals surface area contributed by atoms with Crippen LogP contribution in [0.4, 0.5) is 5.69 Å². The monoisotopic (exact) mass is 264 g/mol. The molecule has 2 rings (SSSR count). The van der Waals surface area contributed by atoms with E-state index >= 15 is 0 Å². The van der Waals surface area contributed by atoms with Crippen LogP contribution in [0.5, 0.6) is 0 Å². The maximum Gasteiger partial charge on any atom is 0.267 e. The molecule has 0 unspecified atom stereocenters. The molecule has 2 aromatic rings. The number of aromatic nitrogens is 3. The molecule has 0 bridgehead atoms. The highest BCUT2D eigenvalue weighted by Gasteiger charge is 2.14. The number of hydrogen-bond donors (Lipinski definition) is 1. The molecule has 96 valence electrons. The Labute approximate surface area is 110 Å². The molecule has 18 heavy (non-hydrogen) atoms. The number of nitrogens with zero attached hydrogens (tertiary/aromatic N) is 3. The maximum absolute atomic E-state index is 12.0. The molecule has 0 atom stereocenters. The van der Waals surface area contributed by atoms with Gasteiger partial charge < -0.3 is 5.32 Å². The standard InChI is InChI=1S/C12H16N4OS/c1-7(2)16-6-10(5-13-16)15-12(17)11-8(3)14-9(4)18-11/h5-7H,1-4H3,(H,15,17). The number of amides is 1. The first-order chi connectivity index (χ1) is 8.47. The van der Waals surface area contributed by atoms with E-state index in [1.54, 1.807) is 10.9 Å². The minimum absolute atomic E-state index is 0.124. The van der Waals surface area contributed by atoms with Crippen molar-refractivity contribution in [1.82, 2.24) is 14.8 Å². The van der Waals surface area contributed by atoms with Crippen molar-refractivity contribution in [3.63, 3.8) is 0 Å². The first kappa shape index (κ1) is 12.8. The molecule has 0 aliphatic carbocycles. The van der Waals surface area contributed by atoms with Gasteiger partial charge in [0, 0.05) is 12.2 Å². The van der Waals surface area contributed by atoms with Crippen LogP contribution >= 0.6 is 11.3 Å². The van der Waals surface area contributed by atoms with E-state index in [1.165, 1.54) is 11.3 Å². The first-order valence-corrected chi connectivity index (χ1v) is 6.58. The van der Waals surface area contributed by atoms with Gasteiger partial charge in [-0.2, -0.15) is 5.10 Å². The number of nitrogens with one attached hydrogen (secondary N) is 1. The highest BCUT2D eigenvalue weighted by Crippen LogP contribution is 2.19. The molecule has 0 saturated carbocycles. The highest BCUT2D eigenvalue weighted by molar-refractivity contribution is 7.13. The quantitative estimate of drug-likeness (QED) is 0.927. The van der Waals surface area contributed by atoms with Gasteiger partial charge in [-0.3, -0.25) is 9.48 Å². The molecule has 0 spiro atoms. The summed E-state index contributed by atoms with van der Waals surface area (Å²) >= 11 is 1.40. The summed E-state index contributed by atoms with van der Waals surface area (Å²) in [5, 5.41) is 7.91. The van der Waals surface area contributed by atoms with Crippen molar-refractivity contribution in [2.75, 3.05) is 5.32 Å². The van der Waals surface area contributed by atoms with E-state index in [-0.39, 0.29) is 11.9 Å². The molecule has 0 radical (unpaired) electrons. The van der Waals surface area contributed by atoms with Crippen molar-refractivity contribution >= 4 is 22.9 Å². The van der Waals surface area contributed by atoms with Crippen LogP contribution in [0.1, 0.15) is 40.3 Å². The fourth-order valence-electron chi connectivity index (χ4n) is 1.61. The van der Waals surface area contributed by atoms with E-state index < -0.39 is 0 Å². The number of carbonyl (C=O) groups excluding carboxylic acids is 1. The lowest BCUT2D eigenvalue weighted by atomic mass is 10.3. The minimum Gasteiger partial charge on any atom is -0.319 e. The van der Waals surface area contributed by atoms with Crippen LogP contribution in [0.15, 0.2) is 12.4 Å². The topological polar surface area (TPSA) is 59.8 Å². The van der Waals surface area contributed by atoms with E-state index in [4.69, 9.17) is 0 Å². The van der Waals surface area contributed by atoms with Gasteiger partial charge in [-0.25, -0.2) is 4.98 Å². The summed E-state index contributed by atoms with van der Waals surface area (Å²) < 4.78 is 1.81. The molecular formula is C12H16N4OS. The van der Waals surface area contributed by atoms with Gasteiger partial charge in [0.25, 0.3) is 5.91 Å². The summed E-state index contributed by atoms with van der Waals surface area (Å²) in [6, 6.07) is 0.281. The third-order valence-corrected chi connectivity index (χ3v) is 3.57. The second-order valence-corrected chi connectivity index (χ2v) is 5.61. The van der Waals surface area contributed by atoms with Gasteiger partial charge in [-0.1, -0.05) is 0 Å². The van der Waals surface area contributed by atoms with Crippen LogP contribution in [0.3, 0.4) is 0 Å². The normalized spacial score (nSPS) is 10.9. The van der Waals surface area contributed by atoms with Crippen molar-refractivity contribution in [1.29, 1.82) is 0 Å². The first-order valence-electron chi connectivity index (χ1n) is 5.77. The van der Waals surface area contributed by atoms with Crippen molar-refractivity contribution in [3.05, 3.63) is 28.0 Å². The van der Waals surface area contributed by atoms with Gasteiger partial charge in [-0.05, 0) is 27.7 Å². The number of anilines is 1. The number of carbonyl (C=O) groups is 1. The summed E-state index contributed by atoms with van der Waals surface area (Å²) in [4.78, 5) is 17.0. The largest absolute Gasteiger partial charge is 0.319 e. The summed E-state index contributed by atoms with van der Waals surface area (Å²) in [5.74, 6) is -0.124. The van der Waals surface area contributed by atoms with E-state index in [1.807, 2.05) is 33.9 Å². The smallest absolute Gasteiger partial charge is 0.267 e. The molecule has 6 heteroatoms. The number of rotatable bonds is 3. The fraction of sp³-hybridized carbons (Fsp3) is 0.417. The zero-order chi connectivity index (χ0) is 13.3. The summed E-state index contributed by atoms with van der Waals surface area (Å²) in [6.45, 7) is 7.81. The highest BCUT2D eigenvalue weighted by atomic mass is 32.1. The zero-order valence-electron chi connectivity index (χ0n) is 10.9. The molecule has 0 fully saturated rings. The van der Waals surface area contributed by atoms with Gasteiger partial charge in [0.05, 0.1) is 22.6 Å². The second kappa shape index (κ2) is 4.89. The number of aryl methyl sites for hydroxylation is 2. The predicted molar refractivity (Wildman–Crippen MR) is 72.2 cm³/mol. The summed E-state index contributed by atoms with van der Waals surface area (Å²) in [7, 11) is 0. The third kappa shape index (κ3) is 2.59. The Morgan fingerprint density at radius 1 is 1.44 bits per heavy atom. The lowest BCUT2D eigenvalue weighted by molar-refractivity contribution is 0.103. The number of hydrogen-bond acceptors (Lipinski definition) is 4.